The zero-order chi connectivity index (χ0) is 23.8. The van der Waals surface area contributed by atoms with Crippen LogP contribution >= 0.6 is 11.3 Å². The van der Waals surface area contributed by atoms with Crippen molar-refractivity contribution in [2.24, 2.45) is 11.3 Å². The molecule has 1 aliphatic rings. The van der Waals surface area contributed by atoms with E-state index in [2.05, 4.69) is 36.4 Å². The van der Waals surface area contributed by atoms with E-state index in [0.717, 1.165) is 29.5 Å². The molecular weight excluding hydrogens is 440 g/mol. The molecule has 1 N–H and O–H groups in total. The number of aromatic nitrogens is 3. The first-order chi connectivity index (χ1) is 15.7. The molecule has 8 nitrogen and oxygen atoms in total. The lowest BCUT2D eigenvalue weighted by Gasteiger charge is -2.33. The van der Waals surface area contributed by atoms with Gasteiger partial charge in [0.15, 0.2) is 4.83 Å². The summed E-state index contributed by atoms with van der Waals surface area (Å²) in [5.41, 5.74) is 1.53. The largest absolute Gasteiger partial charge is 0.462 e. The van der Waals surface area contributed by atoms with Crippen molar-refractivity contribution in [2.45, 2.75) is 53.5 Å². The van der Waals surface area contributed by atoms with E-state index in [0.29, 0.717) is 21.8 Å². The third-order valence-corrected chi connectivity index (χ3v) is 7.29. The van der Waals surface area contributed by atoms with Gasteiger partial charge in [0.05, 0.1) is 23.2 Å². The van der Waals surface area contributed by atoms with Crippen LogP contribution in [-0.4, -0.2) is 33.5 Å². The molecule has 0 saturated heterocycles. The molecule has 3 aromatic rings. The predicted octanol–water partition coefficient (Wildman–Crippen LogP) is 3.82. The Morgan fingerprint density at radius 3 is 2.76 bits per heavy atom. The van der Waals surface area contributed by atoms with Crippen LogP contribution in [0.2, 0.25) is 0 Å². The summed E-state index contributed by atoms with van der Waals surface area (Å²) >= 11 is 1.53. The van der Waals surface area contributed by atoms with Gasteiger partial charge in [-0.1, -0.05) is 38.1 Å². The summed E-state index contributed by atoms with van der Waals surface area (Å²) in [5, 5.41) is 11.5. The molecule has 0 saturated carbocycles. The van der Waals surface area contributed by atoms with Gasteiger partial charge in [-0.15, -0.1) is 16.4 Å². The normalized spacial score (nSPS) is 15.8. The van der Waals surface area contributed by atoms with Gasteiger partial charge in [-0.05, 0) is 55.2 Å². The van der Waals surface area contributed by atoms with Crippen molar-refractivity contribution < 1.29 is 14.3 Å². The fourth-order valence-electron chi connectivity index (χ4n) is 4.27. The number of amides is 1. The average molecular weight is 469 g/mol. The standard InChI is InChI=1S/C24H28N4O4S/c1-5-32-23(31)15-8-6-7-9-17(15)25-19(29)13-28-22(30)20-16-11-10-14(24(2,3)4)12-18(16)33-21(20)26-27-28/h6-9,14H,5,10-13H2,1-4H3,(H,25,29)/t14-/m0/s1. The molecule has 1 atom stereocenters. The molecule has 9 heteroatoms. The number of carbonyl (C=O) groups is 2. The van der Waals surface area contributed by atoms with Crippen LogP contribution in [0.15, 0.2) is 29.1 Å². The number of thiophene rings is 1. The van der Waals surface area contributed by atoms with E-state index >= 15 is 0 Å². The summed E-state index contributed by atoms with van der Waals surface area (Å²) in [6, 6.07) is 6.59. The van der Waals surface area contributed by atoms with Crippen molar-refractivity contribution in [3.63, 3.8) is 0 Å². The van der Waals surface area contributed by atoms with E-state index in [1.807, 2.05) is 0 Å². The fraction of sp³-hybridized carbons (Fsp3) is 0.458. The zero-order valence-corrected chi connectivity index (χ0v) is 20.1. The van der Waals surface area contributed by atoms with Crippen LogP contribution in [0.4, 0.5) is 5.69 Å². The number of aryl methyl sites for hydroxylation is 1. The second-order valence-corrected chi connectivity index (χ2v) is 10.4. The molecule has 0 fully saturated rings. The third-order valence-electron chi connectivity index (χ3n) is 6.15. The molecule has 4 rings (SSSR count). The quantitative estimate of drug-likeness (QED) is 0.571. The first kappa shape index (κ1) is 23.1. The molecule has 33 heavy (non-hydrogen) atoms. The molecule has 2 aromatic heterocycles. The van der Waals surface area contributed by atoms with Crippen molar-refractivity contribution in [3.8, 4) is 0 Å². The minimum Gasteiger partial charge on any atom is -0.462 e. The minimum atomic E-state index is -0.523. The highest BCUT2D eigenvalue weighted by molar-refractivity contribution is 7.18. The lowest BCUT2D eigenvalue weighted by atomic mass is 9.72. The number of esters is 1. The Balaban J connectivity index is 1.57. The van der Waals surface area contributed by atoms with E-state index < -0.39 is 11.9 Å². The van der Waals surface area contributed by atoms with Gasteiger partial charge in [-0.2, -0.15) is 0 Å². The lowest BCUT2D eigenvalue weighted by Crippen LogP contribution is -2.31. The topological polar surface area (TPSA) is 103 Å². The summed E-state index contributed by atoms with van der Waals surface area (Å²) in [4.78, 5) is 39.9. The van der Waals surface area contributed by atoms with Crippen molar-refractivity contribution in [2.75, 3.05) is 11.9 Å². The van der Waals surface area contributed by atoms with Gasteiger partial charge in [0, 0.05) is 4.88 Å². The number of fused-ring (bicyclic) bond motifs is 3. The van der Waals surface area contributed by atoms with E-state index in [-0.39, 0.29) is 29.7 Å². The van der Waals surface area contributed by atoms with Gasteiger partial charge in [-0.3, -0.25) is 9.59 Å². The van der Waals surface area contributed by atoms with Crippen LogP contribution in [0.25, 0.3) is 10.2 Å². The number of nitrogens with one attached hydrogen (secondary N) is 1. The zero-order valence-electron chi connectivity index (χ0n) is 19.3. The number of rotatable bonds is 5. The van der Waals surface area contributed by atoms with Crippen molar-refractivity contribution in [1.82, 2.24) is 15.0 Å². The summed E-state index contributed by atoms with van der Waals surface area (Å²) in [7, 11) is 0. The van der Waals surface area contributed by atoms with E-state index in [1.54, 1.807) is 31.2 Å². The predicted molar refractivity (Wildman–Crippen MR) is 128 cm³/mol. The summed E-state index contributed by atoms with van der Waals surface area (Å²) in [6.07, 6.45) is 2.79. The molecule has 2 heterocycles. The average Bonchev–Trinajstić information content (AvgIpc) is 3.14. The SMILES string of the molecule is CCOC(=O)c1ccccc1NC(=O)Cn1nnc2sc3c(c2c1=O)CC[C@H](C(C)(C)C)C3. The molecule has 0 bridgehead atoms. The van der Waals surface area contributed by atoms with Gasteiger partial charge in [-0.25, -0.2) is 9.48 Å². The van der Waals surface area contributed by atoms with E-state index in [9.17, 15) is 14.4 Å². The van der Waals surface area contributed by atoms with Gasteiger partial charge < -0.3 is 10.1 Å². The Kier molecular flexibility index (Phi) is 6.34. The Morgan fingerprint density at radius 2 is 2.03 bits per heavy atom. The number of para-hydroxylation sites is 1. The minimum absolute atomic E-state index is 0.206. The molecular formula is C24H28N4O4S. The molecule has 0 aliphatic heterocycles. The van der Waals surface area contributed by atoms with Crippen LogP contribution in [0.3, 0.4) is 0 Å². The van der Waals surface area contributed by atoms with Crippen molar-refractivity contribution in [1.29, 1.82) is 0 Å². The second-order valence-electron chi connectivity index (χ2n) is 9.36. The Morgan fingerprint density at radius 1 is 1.27 bits per heavy atom. The Hall–Kier alpha value is -3.07. The van der Waals surface area contributed by atoms with Gasteiger partial charge in [0.25, 0.3) is 5.56 Å². The number of nitrogens with zero attached hydrogens (tertiary/aromatic N) is 3. The number of carbonyl (C=O) groups excluding carboxylic acids is 2. The van der Waals surface area contributed by atoms with Crippen molar-refractivity contribution >= 4 is 39.1 Å². The summed E-state index contributed by atoms with van der Waals surface area (Å²) in [6.45, 7) is 8.40. The van der Waals surface area contributed by atoms with Crippen LogP contribution in [-0.2, 0) is 28.9 Å². The first-order valence-corrected chi connectivity index (χ1v) is 11.9. The second kappa shape index (κ2) is 9.05. The van der Waals surface area contributed by atoms with Gasteiger partial charge in [0.2, 0.25) is 5.91 Å². The molecule has 0 unspecified atom stereocenters. The van der Waals surface area contributed by atoms with E-state index in [1.165, 1.54) is 16.2 Å². The molecule has 1 aromatic carbocycles. The molecule has 1 amide bonds. The molecule has 174 valence electrons. The van der Waals surface area contributed by atoms with E-state index in [4.69, 9.17) is 4.74 Å². The number of benzene rings is 1. The number of ether oxygens (including phenoxy) is 1. The van der Waals surface area contributed by atoms with Gasteiger partial charge in [0.1, 0.15) is 6.54 Å². The lowest BCUT2D eigenvalue weighted by molar-refractivity contribution is -0.117. The van der Waals surface area contributed by atoms with Crippen LogP contribution in [0, 0.1) is 11.3 Å². The number of hydrogen-bond acceptors (Lipinski definition) is 7. The monoisotopic (exact) mass is 468 g/mol. The van der Waals surface area contributed by atoms with Crippen molar-refractivity contribution in [3.05, 3.63) is 50.6 Å². The maximum Gasteiger partial charge on any atom is 0.340 e. The number of hydrogen-bond donors (Lipinski definition) is 1. The van der Waals surface area contributed by atoms with Crippen LogP contribution in [0.1, 0.15) is 54.9 Å². The summed E-state index contributed by atoms with van der Waals surface area (Å²) in [5.74, 6) is -0.442. The smallest absolute Gasteiger partial charge is 0.340 e. The highest BCUT2D eigenvalue weighted by Crippen LogP contribution is 2.41. The maximum absolute atomic E-state index is 13.2. The maximum atomic E-state index is 13.2. The third kappa shape index (κ3) is 4.68. The van der Waals surface area contributed by atoms with Crippen LogP contribution < -0.4 is 10.9 Å². The highest BCUT2D eigenvalue weighted by atomic mass is 32.1. The Labute approximate surface area is 196 Å². The highest BCUT2D eigenvalue weighted by Gasteiger charge is 2.32. The molecule has 0 spiro atoms. The Bertz CT molecular complexity index is 1270. The van der Waals surface area contributed by atoms with Gasteiger partial charge >= 0.3 is 5.97 Å². The number of anilines is 1. The first-order valence-electron chi connectivity index (χ1n) is 11.1. The molecule has 0 radical (unpaired) electrons. The fourth-order valence-corrected chi connectivity index (χ4v) is 5.51. The molecule has 1 aliphatic carbocycles. The summed E-state index contributed by atoms with van der Waals surface area (Å²) < 4.78 is 6.13. The van der Waals surface area contributed by atoms with Crippen LogP contribution in [0.5, 0.6) is 0 Å².